The molecule has 2 N–H and O–H groups in total. The molecule has 0 aromatic heterocycles. The van der Waals surface area contributed by atoms with Gasteiger partial charge in [0.1, 0.15) is 6.10 Å². The van der Waals surface area contributed by atoms with Crippen LogP contribution in [0.4, 0.5) is 0 Å². The van der Waals surface area contributed by atoms with E-state index in [1.165, 1.54) is 22.3 Å². The number of rotatable bonds is 4. The van der Waals surface area contributed by atoms with Crippen molar-refractivity contribution in [3.63, 3.8) is 0 Å². The Labute approximate surface area is 139 Å². The predicted octanol–water partition coefficient (Wildman–Crippen LogP) is 4.17. The van der Waals surface area contributed by atoms with Gasteiger partial charge < -0.3 is 10.2 Å². The highest BCUT2D eigenvalue weighted by Crippen LogP contribution is 2.49. The van der Waals surface area contributed by atoms with Gasteiger partial charge in [-0.15, -0.1) is 0 Å². The Morgan fingerprint density at radius 2 is 1.68 bits per heavy atom. The van der Waals surface area contributed by atoms with Crippen LogP contribution in [0.5, 0.6) is 0 Å². The minimum Gasteiger partial charge on any atom is -0.390 e. The molecule has 2 atom stereocenters. The molecule has 116 valence electrons. The van der Waals surface area contributed by atoms with Crippen molar-refractivity contribution in [3.8, 4) is 11.1 Å². The second-order valence-electron chi connectivity index (χ2n) is 6.47. The Morgan fingerprint density at radius 1 is 1.00 bits per heavy atom. The molecule has 0 amide bonds. The van der Waals surface area contributed by atoms with E-state index in [9.17, 15) is 10.2 Å². The molecule has 0 saturated heterocycles. The second kappa shape index (κ2) is 5.80. The highest BCUT2D eigenvalue weighted by molar-refractivity contribution is 9.09. The summed E-state index contributed by atoms with van der Waals surface area (Å²) in [7, 11) is 0. The van der Waals surface area contributed by atoms with E-state index in [2.05, 4.69) is 66.2 Å². The lowest BCUT2D eigenvalue weighted by molar-refractivity contribution is 0.0173. The molecule has 2 nitrogen and oxygen atoms in total. The molecule has 0 aliphatic heterocycles. The standard InChI is InChI=1S/C19H21BrO2/c1-19(2)15-6-4-3-5-13(15)14-8-7-12(11-16(14)19)18(22)17(21)9-10-20/h3-8,11,17-18,21-22H,9-10H2,1-2H3. The topological polar surface area (TPSA) is 40.5 Å². The van der Waals surface area contributed by atoms with Gasteiger partial charge in [0.05, 0.1) is 6.10 Å². The van der Waals surface area contributed by atoms with E-state index in [0.717, 1.165) is 5.56 Å². The number of aliphatic hydroxyl groups is 2. The quantitative estimate of drug-likeness (QED) is 0.803. The van der Waals surface area contributed by atoms with E-state index in [-0.39, 0.29) is 5.41 Å². The van der Waals surface area contributed by atoms with Crippen LogP contribution in [0.15, 0.2) is 42.5 Å². The average Bonchev–Trinajstić information content (AvgIpc) is 2.75. The van der Waals surface area contributed by atoms with Gasteiger partial charge in [-0.2, -0.15) is 0 Å². The maximum absolute atomic E-state index is 10.4. The smallest absolute Gasteiger partial charge is 0.105 e. The number of fused-ring (bicyclic) bond motifs is 3. The number of hydrogen-bond donors (Lipinski definition) is 2. The van der Waals surface area contributed by atoms with Crippen molar-refractivity contribution in [2.24, 2.45) is 0 Å². The average molecular weight is 361 g/mol. The molecule has 0 saturated carbocycles. The summed E-state index contributed by atoms with van der Waals surface area (Å²) in [6, 6.07) is 14.5. The molecule has 2 aromatic carbocycles. The van der Waals surface area contributed by atoms with Crippen LogP contribution in [0.2, 0.25) is 0 Å². The van der Waals surface area contributed by atoms with Gasteiger partial charge in [-0.3, -0.25) is 0 Å². The van der Waals surface area contributed by atoms with E-state index in [4.69, 9.17) is 0 Å². The summed E-state index contributed by atoms with van der Waals surface area (Å²) in [6.07, 6.45) is -1.06. The number of hydrogen-bond acceptors (Lipinski definition) is 2. The second-order valence-corrected chi connectivity index (χ2v) is 7.26. The Hall–Kier alpha value is -1.16. The summed E-state index contributed by atoms with van der Waals surface area (Å²) in [5.41, 5.74) is 5.74. The van der Waals surface area contributed by atoms with Crippen molar-refractivity contribution in [1.29, 1.82) is 0 Å². The zero-order valence-corrected chi connectivity index (χ0v) is 14.5. The zero-order chi connectivity index (χ0) is 15.9. The molecule has 0 heterocycles. The summed E-state index contributed by atoms with van der Waals surface area (Å²) < 4.78 is 0. The van der Waals surface area contributed by atoms with Gasteiger partial charge in [-0.1, -0.05) is 72.2 Å². The van der Waals surface area contributed by atoms with Crippen molar-refractivity contribution < 1.29 is 10.2 Å². The molecular weight excluding hydrogens is 340 g/mol. The molecule has 2 aromatic rings. The van der Waals surface area contributed by atoms with Crippen LogP contribution < -0.4 is 0 Å². The van der Waals surface area contributed by atoms with E-state index in [1.54, 1.807) is 0 Å². The maximum atomic E-state index is 10.4. The largest absolute Gasteiger partial charge is 0.390 e. The lowest BCUT2D eigenvalue weighted by Gasteiger charge is -2.23. The van der Waals surface area contributed by atoms with Crippen LogP contribution in [0.25, 0.3) is 11.1 Å². The van der Waals surface area contributed by atoms with Crippen LogP contribution in [-0.2, 0) is 5.41 Å². The summed E-state index contributed by atoms with van der Waals surface area (Å²) in [5.74, 6) is 0. The number of aliphatic hydroxyl groups excluding tert-OH is 2. The minimum absolute atomic E-state index is 0.0813. The Morgan fingerprint density at radius 3 is 2.41 bits per heavy atom. The monoisotopic (exact) mass is 360 g/mol. The van der Waals surface area contributed by atoms with Crippen molar-refractivity contribution >= 4 is 15.9 Å². The summed E-state index contributed by atoms with van der Waals surface area (Å²) in [4.78, 5) is 0. The number of halogens is 1. The van der Waals surface area contributed by atoms with E-state index in [0.29, 0.717) is 11.8 Å². The lowest BCUT2D eigenvalue weighted by atomic mass is 9.81. The first kappa shape index (κ1) is 15.7. The van der Waals surface area contributed by atoms with Gasteiger partial charge >= 0.3 is 0 Å². The molecule has 0 fully saturated rings. The highest BCUT2D eigenvalue weighted by Gasteiger charge is 2.35. The van der Waals surface area contributed by atoms with E-state index < -0.39 is 12.2 Å². The third-order valence-corrected chi connectivity index (χ3v) is 5.18. The minimum atomic E-state index is -0.845. The first-order chi connectivity index (χ1) is 10.5. The third kappa shape index (κ3) is 2.41. The molecule has 0 radical (unpaired) electrons. The van der Waals surface area contributed by atoms with Crippen molar-refractivity contribution in [2.45, 2.75) is 37.9 Å². The Balaban J connectivity index is 2.04. The first-order valence-corrected chi connectivity index (χ1v) is 8.75. The van der Waals surface area contributed by atoms with Gasteiger partial charge in [0.15, 0.2) is 0 Å². The summed E-state index contributed by atoms with van der Waals surface area (Å²) in [6.45, 7) is 4.42. The molecule has 0 spiro atoms. The Bertz CT molecular complexity index is 694. The normalized spacial score (nSPS) is 17.7. The summed E-state index contributed by atoms with van der Waals surface area (Å²) >= 11 is 3.31. The molecule has 1 aliphatic carbocycles. The van der Waals surface area contributed by atoms with Crippen LogP contribution >= 0.6 is 15.9 Å². The maximum Gasteiger partial charge on any atom is 0.105 e. The Kier molecular flexibility index (Phi) is 4.15. The zero-order valence-electron chi connectivity index (χ0n) is 12.9. The fourth-order valence-electron chi connectivity index (χ4n) is 3.40. The molecule has 22 heavy (non-hydrogen) atoms. The fraction of sp³-hybridized carbons (Fsp3) is 0.368. The molecule has 0 bridgehead atoms. The fourth-order valence-corrected chi connectivity index (χ4v) is 3.87. The summed E-state index contributed by atoms with van der Waals surface area (Å²) in [5, 5.41) is 21.1. The van der Waals surface area contributed by atoms with Crippen molar-refractivity contribution in [3.05, 3.63) is 59.2 Å². The molecule has 1 aliphatic rings. The van der Waals surface area contributed by atoms with E-state index >= 15 is 0 Å². The third-order valence-electron chi connectivity index (χ3n) is 4.72. The van der Waals surface area contributed by atoms with Crippen molar-refractivity contribution in [2.75, 3.05) is 5.33 Å². The van der Waals surface area contributed by atoms with Gasteiger partial charge in [0.25, 0.3) is 0 Å². The van der Waals surface area contributed by atoms with E-state index in [1.807, 2.05) is 6.07 Å². The molecule has 2 unspecified atom stereocenters. The highest BCUT2D eigenvalue weighted by atomic mass is 79.9. The number of alkyl halides is 1. The van der Waals surface area contributed by atoms with Crippen LogP contribution in [0.1, 0.15) is 43.1 Å². The van der Waals surface area contributed by atoms with Gasteiger partial charge in [0, 0.05) is 10.7 Å². The van der Waals surface area contributed by atoms with Crippen LogP contribution in [0.3, 0.4) is 0 Å². The van der Waals surface area contributed by atoms with Gasteiger partial charge in [0.2, 0.25) is 0 Å². The molecule has 3 heteroatoms. The SMILES string of the molecule is CC1(C)c2ccccc2-c2ccc(C(O)C(O)CCBr)cc21. The lowest BCUT2D eigenvalue weighted by Crippen LogP contribution is -2.20. The van der Waals surface area contributed by atoms with Crippen molar-refractivity contribution in [1.82, 2.24) is 0 Å². The first-order valence-electron chi connectivity index (χ1n) is 7.63. The molecular formula is C19H21BrO2. The molecule has 3 rings (SSSR count). The van der Waals surface area contributed by atoms with Gasteiger partial charge in [-0.25, -0.2) is 0 Å². The number of benzene rings is 2. The van der Waals surface area contributed by atoms with Crippen LogP contribution in [-0.4, -0.2) is 21.6 Å². The predicted molar refractivity (Wildman–Crippen MR) is 93.4 cm³/mol. The van der Waals surface area contributed by atoms with Gasteiger partial charge in [-0.05, 0) is 34.2 Å². The van der Waals surface area contributed by atoms with Crippen LogP contribution in [0, 0.1) is 0 Å².